The van der Waals surface area contributed by atoms with Crippen LogP contribution in [-0.4, -0.2) is 72.6 Å². The molecule has 2 heterocycles. The Morgan fingerprint density at radius 2 is 1.79 bits per heavy atom. The zero-order valence-electron chi connectivity index (χ0n) is 22.8. The normalized spacial score (nSPS) is 19.9. The fraction of sp³-hybridized carbons (Fsp3) is 0.484. The highest BCUT2D eigenvalue weighted by Crippen LogP contribution is 2.40. The van der Waals surface area contributed by atoms with E-state index in [0.717, 1.165) is 44.5 Å². The highest BCUT2D eigenvalue weighted by atomic mass is 16.5. The summed E-state index contributed by atoms with van der Waals surface area (Å²) >= 11 is 0. The van der Waals surface area contributed by atoms with Crippen LogP contribution in [-0.2, 0) is 14.3 Å². The molecule has 38 heavy (non-hydrogen) atoms. The first kappa shape index (κ1) is 27.9. The van der Waals surface area contributed by atoms with E-state index in [9.17, 15) is 14.7 Å². The summed E-state index contributed by atoms with van der Waals surface area (Å²) in [5.41, 5.74) is 2.59. The molecule has 2 aromatic rings. The SMILES string of the molecule is CCCCOc1cccc(/C(O)=C2\C(=O)C(=O)N(CCCN3CCOCC3)C2c2ccc(C(C)C)cc2)c1. The van der Waals surface area contributed by atoms with Crippen molar-refractivity contribution in [3.05, 3.63) is 70.8 Å². The Bertz CT molecular complexity index is 1140. The topological polar surface area (TPSA) is 79.3 Å². The Kier molecular flexibility index (Phi) is 9.58. The molecule has 1 atom stereocenters. The van der Waals surface area contributed by atoms with Gasteiger partial charge in [0.1, 0.15) is 11.5 Å². The number of ketones is 1. The van der Waals surface area contributed by atoms with Gasteiger partial charge >= 0.3 is 0 Å². The number of hydrogen-bond donors (Lipinski definition) is 1. The van der Waals surface area contributed by atoms with E-state index in [1.165, 1.54) is 5.56 Å². The molecule has 4 rings (SSSR count). The zero-order chi connectivity index (χ0) is 27.1. The van der Waals surface area contributed by atoms with Crippen LogP contribution in [0.1, 0.15) is 68.7 Å². The van der Waals surface area contributed by atoms with Gasteiger partial charge in [-0.05, 0) is 42.0 Å². The molecular formula is C31H40N2O5. The van der Waals surface area contributed by atoms with E-state index in [0.29, 0.717) is 43.6 Å². The first-order valence-corrected chi connectivity index (χ1v) is 13.8. The number of ether oxygens (including phenoxy) is 2. The van der Waals surface area contributed by atoms with Crippen LogP contribution in [0.3, 0.4) is 0 Å². The number of aliphatic hydroxyl groups is 1. The highest BCUT2D eigenvalue weighted by molar-refractivity contribution is 6.46. The number of rotatable bonds is 11. The number of Topliss-reactive ketones (excluding diaryl/α,β-unsaturated/α-hetero) is 1. The highest BCUT2D eigenvalue weighted by Gasteiger charge is 2.45. The smallest absolute Gasteiger partial charge is 0.295 e. The van der Waals surface area contributed by atoms with Gasteiger partial charge in [0.25, 0.3) is 11.7 Å². The van der Waals surface area contributed by atoms with Crippen molar-refractivity contribution in [3.8, 4) is 5.75 Å². The fourth-order valence-electron chi connectivity index (χ4n) is 5.03. The van der Waals surface area contributed by atoms with Crippen molar-refractivity contribution >= 4 is 17.4 Å². The molecule has 1 N–H and O–H groups in total. The lowest BCUT2D eigenvalue weighted by molar-refractivity contribution is -0.140. The molecule has 0 aromatic heterocycles. The maximum atomic E-state index is 13.4. The molecule has 7 nitrogen and oxygen atoms in total. The minimum atomic E-state index is -0.649. The van der Waals surface area contributed by atoms with Gasteiger partial charge in [0.15, 0.2) is 0 Å². The largest absolute Gasteiger partial charge is 0.507 e. The van der Waals surface area contributed by atoms with E-state index >= 15 is 0 Å². The minimum Gasteiger partial charge on any atom is -0.507 e. The van der Waals surface area contributed by atoms with E-state index in [2.05, 4.69) is 25.7 Å². The maximum Gasteiger partial charge on any atom is 0.295 e. The van der Waals surface area contributed by atoms with Gasteiger partial charge in [-0.15, -0.1) is 0 Å². The Morgan fingerprint density at radius 3 is 2.47 bits per heavy atom. The maximum absolute atomic E-state index is 13.4. The summed E-state index contributed by atoms with van der Waals surface area (Å²) in [5, 5.41) is 11.4. The summed E-state index contributed by atoms with van der Waals surface area (Å²) < 4.78 is 11.3. The van der Waals surface area contributed by atoms with E-state index < -0.39 is 17.7 Å². The summed E-state index contributed by atoms with van der Waals surface area (Å²) in [4.78, 5) is 30.6. The summed E-state index contributed by atoms with van der Waals surface area (Å²) in [7, 11) is 0. The molecule has 0 spiro atoms. The van der Waals surface area contributed by atoms with Gasteiger partial charge in [-0.1, -0.05) is 63.6 Å². The number of benzene rings is 2. The van der Waals surface area contributed by atoms with Gasteiger partial charge in [0.05, 0.1) is 31.4 Å². The zero-order valence-corrected chi connectivity index (χ0v) is 22.8. The molecule has 0 aliphatic carbocycles. The van der Waals surface area contributed by atoms with Crippen molar-refractivity contribution in [1.82, 2.24) is 9.80 Å². The molecule has 204 valence electrons. The van der Waals surface area contributed by atoms with Gasteiger partial charge in [-0.25, -0.2) is 0 Å². The van der Waals surface area contributed by atoms with Crippen molar-refractivity contribution in [2.75, 3.05) is 46.0 Å². The lowest BCUT2D eigenvalue weighted by Crippen LogP contribution is -2.38. The fourth-order valence-corrected chi connectivity index (χ4v) is 5.03. The lowest BCUT2D eigenvalue weighted by Gasteiger charge is -2.29. The van der Waals surface area contributed by atoms with Crippen LogP contribution < -0.4 is 4.74 Å². The van der Waals surface area contributed by atoms with Crippen molar-refractivity contribution in [2.24, 2.45) is 0 Å². The van der Waals surface area contributed by atoms with Gasteiger partial charge in [0.2, 0.25) is 0 Å². The van der Waals surface area contributed by atoms with Crippen LogP contribution in [0, 0.1) is 0 Å². The Balaban J connectivity index is 1.66. The molecule has 2 aliphatic heterocycles. The Hall–Kier alpha value is -3.16. The molecule has 2 aliphatic rings. The van der Waals surface area contributed by atoms with Crippen molar-refractivity contribution in [3.63, 3.8) is 0 Å². The first-order valence-electron chi connectivity index (χ1n) is 13.8. The number of carbonyl (C=O) groups is 2. The summed E-state index contributed by atoms with van der Waals surface area (Å²) in [5.74, 6) is -0.400. The second kappa shape index (κ2) is 13.1. The number of nitrogens with zero attached hydrogens (tertiary/aromatic N) is 2. The van der Waals surface area contributed by atoms with Gasteiger partial charge in [-0.2, -0.15) is 0 Å². The minimum absolute atomic E-state index is 0.129. The number of likely N-dealkylation sites (tertiary alicyclic amines) is 1. The van der Waals surface area contributed by atoms with Crippen LogP contribution in [0.5, 0.6) is 5.75 Å². The van der Waals surface area contributed by atoms with E-state index in [1.54, 1.807) is 23.1 Å². The molecule has 7 heteroatoms. The van der Waals surface area contributed by atoms with E-state index in [4.69, 9.17) is 9.47 Å². The summed E-state index contributed by atoms with van der Waals surface area (Å²) in [6.07, 6.45) is 2.68. The van der Waals surface area contributed by atoms with Gasteiger partial charge in [0, 0.05) is 31.7 Å². The third-order valence-corrected chi connectivity index (χ3v) is 7.31. The molecule has 0 bridgehead atoms. The van der Waals surface area contributed by atoms with Gasteiger partial charge < -0.3 is 19.5 Å². The molecule has 2 saturated heterocycles. The standard InChI is InChI=1S/C31H40N2O5/c1-4-5-18-38-26-9-6-8-25(21-26)29(34)27-28(24-12-10-23(11-13-24)22(2)3)33(31(36)30(27)35)15-7-14-32-16-19-37-20-17-32/h6,8-13,21-22,28,34H,4-5,7,14-20H2,1-3H3/b29-27+. The number of carbonyl (C=O) groups excluding carboxylic acids is 2. The number of hydrogen-bond acceptors (Lipinski definition) is 6. The number of morpholine rings is 1. The van der Waals surface area contributed by atoms with Crippen molar-refractivity contribution in [1.29, 1.82) is 0 Å². The average molecular weight is 521 g/mol. The Morgan fingerprint density at radius 1 is 1.05 bits per heavy atom. The summed E-state index contributed by atoms with van der Waals surface area (Å²) in [6, 6.07) is 14.5. The van der Waals surface area contributed by atoms with Crippen LogP contribution in [0.15, 0.2) is 54.1 Å². The Labute approximate surface area is 226 Å². The predicted molar refractivity (Wildman–Crippen MR) is 148 cm³/mol. The molecular weight excluding hydrogens is 480 g/mol. The van der Waals surface area contributed by atoms with Crippen molar-refractivity contribution < 1.29 is 24.2 Å². The molecule has 2 fully saturated rings. The van der Waals surface area contributed by atoms with Crippen LogP contribution in [0.25, 0.3) is 5.76 Å². The molecule has 1 unspecified atom stereocenters. The third-order valence-electron chi connectivity index (χ3n) is 7.31. The molecule has 1 amide bonds. The van der Waals surface area contributed by atoms with E-state index in [-0.39, 0.29) is 11.3 Å². The number of amides is 1. The van der Waals surface area contributed by atoms with Gasteiger partial charge in [-0.3, -0.25) is 14.5 Å². The molecule has 0 saturated carbocycles. The monoisotopic (exact) mass is 520 g/mol. The predicted octanol–water partition coefficient (Wildman–Crippen LogP) is 5.13. The quantitative estimate of drug-likeness (QED) is 0.191. The number of unbranched alkanes of at least 4 members (excludes halogenated alkanes) is 1. The lowest BCUT2D eigenvalue weighted by atomic mass is 9.93. The second-order valence-corrected chi connectivity index (χ2v) is 10.4. The molecule has 2 aromatic carbocycles. The summed E-state index contributed by atoms with van der Waals surface area (Å²) in [6.45, 7) is 11.4. The second-order valence-electron chi connectivity index (χ2n) is 10.4. The van der Waals surface area contributed by atoms with Crippen LogP contribution >= 0.6 is 0 Å². The molecule has 0 radical (unpaired) electrons. The van der Waals surface area contributed by atoms with E-state index in [1.807, 2.05) is 30.3 Å². The first-order chi connectivity index (χ1) is 18.4. The van der Waals surface area contributed by atoms with Crippen LogP contribution in [0.2, 0.25) is 0 Å². The van der Waals surface area contributed by atoms with Crippen LogP contribution in [0.4, 0.5) is 0 Å². The third kappa shape index (κ3) is 6.45. The number of aliphatic hydroxyl groups excluding tert-OH is 1. The van der Waals surface area contributed by atoms with Crippen molar-refractivity contribution in [2.45, 2.75) is 52.0 Å². The average Bonchev–Trinajstić information content (AvgIpc) is 3.18.